The minimum absolute atomic E-state index is 0.662. The van der Waals surface area contributed by atoms with Gasteiger partial charge in [0.2, 0.25) is 0 Å². The van der Waals surface area contributed by atoms with Gasteiger partial charge in [0.15, 0.2) is 46.0 Å². The zero-order valence-corrected chi connectivity index (χ0v) is 36.1. The third-order valence-electron chi connectivity index (χ3n) is 14.9. The van der Waals surface area contributed by atoms with Gasteiger partial charge in [-0.1, -0.05) is 0 Å². The van der Waals surface area contributed by atoms with E-state index >= 15 is 0 Å². The minimum Gasteiger partial charge on any atom is -0.224 e. The highest BCUT2D eigenvalue weighted by Gasteiger charge is 2.35. The van der Waals surface area contributed by atoms with Crippen LogP contribution in [0.1, 0.15) is 111 Å². The number of nitrogens with one attached hydrogen (secondary N) is 1. The lowest BCUT2D eigenvalue weighted by atomic mass is 9.89. The average Bonchev–Trinajstić information content (AvgIpc) is 3.90. The van der Waals surface area contributed by atoms with Crippen molar-refractivity contribution >= 4 is 56.5 Å². The van der Waals surface area contributed by atoms with Crippen molar-refractivity contribution in [2.24, 2.45) is 30.0 Å². The maximum absolute atomic E-state index is 5.63. The van der Waals surface area contributed by atoms with Crippen molar-refractivity contribution in [1.82, 2.24) is 9.35 Å². The summed E-state index contributed by atoms with van der Waals surface area (Å²) in [4.78, 5) is 33.3. The van der Waals surface area contributed by atoms with Crippen molar-refractivity contribution < 1.29 is 0 Å². The number of aromatic nitrogens is 2. The maximum atomic E-state index is 5.63. The highest BCUT2D eigenvalue weighted by molar-refractivity contribution is 6.27. The molecule has 9 nitrogen and oxygen atoms in total. The Morgan fingerprint density at radius 3 is 0.842 bits per heavy atom. The molecule has 286 valence electrons. The molecule has 4 aliphatic rings. The monoisotopic (exact) mass is 751 g/mol. The van der Waals surface area contributed by atoms with Gasteiger partial charge in [-0.2, -0.15) is 0 Å². The predicted molar refractivity (Wildman–Crippen MR) is 235 cm³/mol. The summed E-state index contributed by atoms with van der Waals surface area (Å²) in [5.41, 5.74) is 28.8. The molecule has 0 atom stereocenters. The number of aryl methyl sites for hydroxylation is 4. The lowest BCUT2D eigenvalue weighted by molar-refractivity contribution is 0.711. The van der Waals surface area contributed by atoms with E-state index in [1.165, 1.54) is 66.8 Å². The lowest BCUT2D eigenvalue weighted by Gasteiger charge is -2.16. The van der Waals surface area contributed by atoms with Gasteiger partial charge >= 0.3 is 0 Å². The molecule has 0 fully saturated rings. The fraction of sp³-hybridized carbons (Fsp3) is 0.333. The zero-order chi connectivity index (χ0) is 40.6. The largest absolute Gasteiger partial charge is 0.224 e. The second kappa shape index (κ2) is 11.3. The van der Waals surface area contributed by atoms with E-state index in [4.69, 9.17) is 30.0 Å². The van der Waals surface area contributed by atoms with Crippen LogP contribution in [0.25, 0.3) is 21.5 Å². The molecule has 6 heterocycles. The van der Waals surface area contributed by atoms with Crippen LogP contribution in [0.2, 0.25) is 0 Å². The molecule has 0 unspecified atom stereocenters. The number of aliphatic imine (C=N–C) groups is 4. The molecule has 2 aromatic heterocycles. The molecule has 57 heavy (non-hydrogen) atoms. The van der Waals surface area contributed by atoms with Gasteiger partial charge in [0.1, 0.15) is 0 Å². The lowest BCUT2D eigenvalue weighted by Crippen LogP contribution is -2.39. The number of fused-ring (bicyclic) bond motifs is 14. The van der Waals surface area contributed by atoms with Gasteiger partial charge in [-0.3, -0.25) is 0 Å². The van der Waals surface area contributed by atoms with E-state index in [0.29, 0.717) is 23.3 Å². The van der Waals surface area contributed by atoms with E-state index in [2.05, 4.69) is 126 Å². The van der Waals surface area contributed by atoms with Crippen LogP contribution in [-0.2, 0) is 0 Å². The number of amidine groups is 4. The molecule has 9 heteroatoms. The molecule has 10 rings (SSSR count). The van der Waals surface area contributed by atoms with Gasteiger partial charge < -0.3 is 0 Å². The molecule has 0 amide bonds. The third-order valence-corrected chi connectivity index (χ3v) is 14.9. The number of nitrogens with zero attached hydrogens (tertiary/aromatic N) is 8. The summed E-state index contributed by atoms with van der Waals surface area (Å²) in [6.07, 6.45) is 0. The normalized spacial score (nSPS) is 17.8. The third kappa shape index (κ3) is 4.19. The molecule has 4 aromatic carbocycles. The minimum atomic E-state index is 0.662. The Morgan fingerprint density at radius 1 is 0.263 bits per heavy atom. The van der Waals surface area contributed by atoms with Crippen LogP contribution in [-0.4, -0.2) is 32.7 Å². The second-order valence-corrected chi connectivity index (χ2v) is 17.0. The van der Waals surface area contributed by atoms with Gasteiger partial charge in [0.05, 0.1) is 0 Å². The van der Waals surface area contributed by atoms with E-state index in [-0.39, 0.29) is 0 Å². The molecule has 6 bridgehead atoms. The van der Waals surface area contributed by atoms with Crippen LogP contribution in [0.15, 0.2) is 30.0 Å². The number of benzene rings is 4. The Morgan fingerprint density at radius 2 is 0.526 bits per heavy atom. The number of rotatable bonds is 0. The van der Waals surface area contributed by atoms with Crippen molar-refractivity contribution in [3.63, 3.8) is 0 Å². The van der Waals surface area contributed by atoms with Crippen molar-refractivity contribution in [2.45, 2.75) is 111 Å². The molecular weight excluding hydrogens is 703 g/mol. The van der Waals surface area contributed by atoms with Crippen LogP contribution in [0.5, 0.6) is 0 Å². The highest BCUT2D eigenvalue weighted by atomic mass is 15.7. The molecule has 0 saturated heterocycles. The van der Waals surface area contributed by atoms with Gasteiger partial charge in [0.25, 0.3) is 0 Å². The summed E-state index contributed by atoms with van der Waals surface area (Å²) in [5.74, 6) is 4.12. The summed E-state index contributed by atoms with van der Waals surface area (Å²) in [7, 11) is 0. The van der Waals surface area contributed by atoms with E-state index < -0.39 is 0 Å². The van der Waals surface area contributed by atoms with E-state index in [1.807, 2.05) is 0 Å². The molecule has 4 aliphatic heterocycles. The quantitative estimate of drug-likeness (QED) is 0.165. The van der Waals surface area contributed by atoms with Crippen molar-refractivity contribution in [3.05, 3.63) is 122 Å². The van der Waals surface area contributed by atoms with E-state index in [1.54, 1.807) is 0 Å². The van der Waals surface area contributed by atoms with Crippen LogP contribution < -0.4 is 16.5 Å². The number of hydrogen-bond donors (Lipinski definition) is 1. The van der Waals surface area contributed by atoms with Crippen molar-refractivity contribution in [2.75, 3.05) is 5.53 Å². The smallest absolute Gasteiger partial charge is 0.165 e. The van der Waals surface area contributed by atoms with Gasteiger partial charge in [0, 0.05) is 43.8 Å². The highest BCUT2D eigenvalue weighted by Crippen LogP contribution is 2.46. The van der Waals surface area contributed by atoms with E-state index in [0.717, 1.165) is 88.7 Å². The Bertz CT molecular complexity index is 3080. The molecule has 6 aromatic rings. The molecular formula is C48H49N9. The summed E-state index contributed by atoms with van der Waals surface area (Å²) >= 11 is 0. The standard InChI is InChI=1S/C48H49N9/c1-17-18(2)26(10)34-33(25(17)9)41-49-42(34)52-46-39-31(15)23(7)24(8)32(16)40(39)48-54-44-36-28(12)20(4)19(3)27(11)35(36)43(50-44)53-47-38-30(14)22(6)21(5)29(13)37(38)45(51-41)56(47)55-57(46)48/h55H,1-16H3/b51-41-,51-45?,52-42?,52-46-,53-43-,53-47?,54-44?,54-48-. The number of hydrogen-bond acceptors (Lipinski definition) is 7. The predicted octanol–water partition coefficient (Wildman–Crippen LogP) is 9.48. The summed E-state index contributed by atoms with van der Waals surface area (Å²) in [5, 5.41) is 4.17. The van der Waals surface area contributed by atoms with Gasteiger partial charge in [-0.25, -0.2) is 44.8 Å². The Labute approximate surface area is 333 Å². The van der Waals surface area contributed by atoms with Crippen LogP contribution >= 0.6 is 0 Å². The first-order chi connectivity index (χ1) is 27.0. The first-order valence-electron chi connectivity index (χ1n) is 20.0. The Balaban J connectivity index is 1.55. The van der Waals surface area contributed by atoms with Crippen molar-refractivity contribution in [3.8, 4) is 0 Å². The van der Waals surface area contributed by atoms with Crippen LogP contribution in [0.4, 0.5) is 11.6 Å². The van der Waals surface area contributed by atoms with Crippen LogP contribution in [0, 0.1) is 111 Å². The summed E-state index contributed by atoms with van der Waals surface area (Å²) in [6, 6.07) is 0. The van der Waals surface area contributed by atoms with E-state index in [9.17, 15) is 0 Å². The van der Waals surface area contributed by atoms with Gasteiger partial charge in [-0.05, 0) is 200 Å². The Kier molecular flexibility index (Phi) is 7.05. The van der Waals surface area contributed by atoms with Crippen molar-refractivity contribution in [1.29, 1.82) is 0 Å². The first-order valence-corrected chi connectivity index (χ1v) is 20.0. The fourth-order valence-electron chi connectivity index (χ4n) is 10.00. The van der Waals surface area contributed by atoms with Crippen LogP contribution in [0.3, 0.4) is 0 Å². The first kappa shape index (κ1) is 35.5. The van der Waals surface area contributed by atoms with Gasteiger partial charge in [-0.15, -0.1) is 0 Å². The molecule has 1 N–H and O–H groups in total. The summed E-state index contributed by atoms with van der Waals surface area (Å²) < 4.78 is 4.13. The molecule has 0 aliphatic carbocycles. The topological polar surface area (TPSA) is 96.0 Å². The molecule has 0 spiro atoms. The Hall–Kier alpha value is -5.96. The summed E-state index contributed by atoms with van der Waals surface area (Å²) in [6.45, 7) is 35.3. The second-order valence-electron chi connectivity index (χ2n) is 17.0. The molecule has 0 radical (unpaired) electrons. The average molecular weight is 752 g/mol. The molecule has 0 saturated carbocycles. The zero-order valence-electron chi connectivity index (χ0n) is 36.1. The SMILES string of the molecule is Cc1c(C)c(C)c2c(c1C)C1=NC/2=N\c2c3c(C)c(C)c(C)c(C)c3c3n2Nn2/c(c4c(C)c(C)c(C)c(C)c4/c2=N/C2=NC(=N\3)/c3c(C)c(C)c(C)c(C)c32)=N\1. The maximum Gasteiger partial charge on any atom is 0.165 e. The fourth-order valence-corrected chi connectivity index (χ4v) is 10.00.